The highest BCUT2D eigenvalue weighted by molar-refractivity contribution is 6.01. The predicted molar refractivity (Wildman–Crippen MR) is 107 cm³/mol. The van der Waals surface area contributed by atoms with Gasteiger partial charge in [0.25, 0.3) is 0 Å². The van der Waals surface area contributed by atoms with Crippen molar-refractivity contribution in [2.75, 3.05) is 6.61 Å². The van der Waals surface area contributed by atoms with Crippen LogP contribution in [0.25, 0.3) is 0 Å². The number of fused-ring (bicyclic) bond motifs is 5. The third-order valence-electron chi connectivity index (χ3n) is 8.79. The molecule has 0 radical (unpaired) electrons. The van der Waals surface area contributed by atoms with Gasteiger partial charge in [-0.15, -0.1) is 12.4 Å². The zero-order valence-corrected chi connectivity index (χ0v) is 17.8. The molecule has 0 saturated heterocycles. The summed E-state index contributed by atoms with van der Waals surface area (Å²) in [6.45, 7) is 4.48. The Labute approximate surface area is 176 Å². The molecule has 0 aliphatic heterocycles. The quantitative estimate of drug-likeness (QED) is 0.627. The third kappa shape index (κ3) is 2.43. The topological polar surface area (TPSA) is 94.8 Å². The molecule has 3 N–H and O–H groups in total. The number of alkyl halides is 1. The molecule has 29 heavy (non-hydrogen) atoms. The number of halogens is 2. The standard InChI is InChI=1S/C22H29FO5.ClH/c1-12-8-16-15-5-4-13-9-14(25)6-7-19(13,2)21(15,23)17(26)10-20(16,3)22(12,28)18(27)11-24;/h6-7,9,12,15-17,24,26,28H,4-5,8,10-11H2,1-3H3;1H/t12?,15-,16-,17?,19-,20-,21?,22-;/m0./s1. The Kier molecular flexibility index (Phi) is 5.23. The lowest BCUT2D eigenvalue weighted by Crippen LogP contribution is -2.69. The maximum Gasteiger partial charge on any atom is 0.190 e. The molecule has 7 heteroatoms. The molecule has 3 unspecified atom stereocenters. The minimum Gasteiger partial charge on any atom is -0.390 e. The lowest BCUT2D eigenvalue weighted by Gasteiger charge is -2.62. The molecule has 4 aliphatic carbocycles. The highest BCUT2D eigenvalue weighted by Gasteiger charge is 2.75. The van der Waals surface area contributed by atoms with Gasteiger partial charge in [0.1, 0.15) is 12.2 Å². The fourth-order valence-corrected chi connectivity index (χ4v) is 7.26. The van der Waals surface area contributed by atoms with Crippen LogP contribution in [-0.4, -0.2) is 50.9 Å². The number of ketones is 2. The van der Waals surface area contributed by atoms with E-state index in [1.165, 1.54) is 12.2 Å². The normalized spacial score (nSPS) is 50.7. The zero-order chi connectivity index (χ0) is 20.7. The predicted octanol–water partition coefficient (Wildman–Crippen LogP) is 2.32. The SMILES string of the molecule is CC1C[C@H]2[C@@H]3CCC4=CC(=O)C=C[C@]4(C)C3(F)C(O)C[C@]2(C)[C@@]1(O)C(=O)CO.Cl. The van der Waals surface area contributed by atoms with Gasteiger partial charge in [0, 0.05) is 16.7 Å². The average molecular weight is 429 g/mol. The maximum atomic E-state index is 16.9. The molecule has 0 amide bonds. The highest BCUT2D eigenvalue weighted by atomic mass is 35.5. The first-order valence-electron chi connectivity index (χ1n) is 10.1. The number of aliphatic hydroxyl groups is 3. The zero-order valence-electron chi connectivity index (χ0n) is 17.0. The van der Waals surface area contributed by atoms with Crippen molar-refractivity contribution >= 4 is 24.0 Å². The summed E-state index contributed by atoms with van der Waals surface area (Å²) in [6, 6.07) is 0. The fraction of sp³-hybridized carbons (Fsp3) is 0.727. The molecule has 0 spiro atoms. The molecular weight excluding hydrogens is 399 g/mol. The molecule has 4 rings (SSSR count). The average Bonchev–Trinajstić information content (AvgIpc) is 2.84. The van der Waals surface area contributed by atoms with E-state index in [4.69, 9.17) is 0 Å². The lowest BCUT2D eigenvalue weighted by atomic mass is 9.44. The highest BCUT2D eigenvalue weighted by Crippen LogP contribution is 2.70. The second-order valence-electron chi connectivity index (χ2n) is 9.75. The van der Waals surface area contributed by atoms with Gasteiger partial charge in [0.05, 0.1) is 6.10 Å². The van der Waals surface area contributed by atoms with Gasteiger partial charge in [-0.1, -0.05) is 25.5 Å². The smallest absolute Gasteiger partial charge is 0.190 e. The summed E-state index contributed by atoms with van der Waals surface area (Å²) in [5, 5.41) is 32.0. The molecule has 0 aromatic heterocycles. The second kappa shape index (κ2) is 6.71. The van der Waals surface area contributed by atoms with Crippen LogP contribution >= 0.6 is 12.4 Å². The lowest BCUT2D eigenvalue weighted by molar-refractivity contribution is -0.219. The molecule has 5 nitrogen and oxygen atoms in total. The van der Waals surface area contributed by atoms with E-state index in [9.17, 15) is 24.9 Å². The van der Waals surface area contributed by atoms with Crippen LogP contribution in [0, 0.1) is 28.6 Å². The number of Topliss-reactive ketones (excluding diaryl/α,β-unsaturated/α-hetero) is 1. The van der Waals surface area contributed by atoms with Crippen molar-refractivity contribution in [2.24, 2.45) is 28.6 Å². The van der Waals surface area contributed by atoms with Crippen LogP contribution < -0.4 is 0 Å². The molecule has 0 aromatic rings. The molecule has 0 heterocycles. The molecule has 162 valence electrons. The Balaban J connectivity index is 0.00000240. The van der Waals surface area contributed by atoms with E-state index in [1.54, 1.807) is 26.8 Å². The summed E-state index contributed by atoms with van der Waals surface area (Å²) in [6.07, 6.45) is 4.44. The number of rotatable bonds is 2. The summed E-state index contributed by atoms with van der Waals surface area (Å²) in [4.78, 5) is 24.4. The Morgan fingerprint density at radius 1 is 1.31 bits per heavy atom. The summed E-state index contributed by atoms with van der Waals surface area (Å²) in [5.74, 6) is -2.12. The van der Waals surface area contributed by atoms with E-state index in [-0.39, 0.29) is 30.5 Å². The number of carbonyl (C=O) groups excluding carboxylic acids is 2. The monoisotopic (exact) mass is 428 g/mol. The van der Waals surface area contributed by atoms with E-state index < -0.39 is 52.4 Å². The van der Waals surface area contributed by atoms with Crippen LogP contribution in [0.1, 0.15) is 46.5 Å². The van der Waals surface area contributed by atoms with Gasteiger partial charge < -0.3 is 15.3 Å². The third-order valence-corrected chi connectivity index (χ3v) is 8.79. The fourth-order valence-electron chi connectivity index (χ4n) is 7.26. The van der Waals surface area contributed by atoms with Crippen molar-refractivity contribution < 1.29 is 29.3 Å². The van der Waals surface area contributed by atoms with Crippen molar-refractivity contribution in [1.29, 1.82) is 0 Å². The first-order valence-corrected chi connectivity index (χ1v) is 10.1. The molecule has 3 fully saturated rings. The van der Waals surface area contributed by atoms with Crippen LogP contribution in [0.2, 0.25) is 0 Å². The van der Waals surface area contributed by atoms with Crippen LogP contribution in [0.3, 0.4) is 0 Å². The molecule has 0 bridgehead atoms. The summed E-state index contributed by atoms with van der Waals surface area (Å²) >= 11 is 0. The first-order chi connectivity index (χ1) is 13.0. The van der Waals surface area contributed by atoms with Crippen LogP contribution in [0.4, 0.5) is 4.39 Å². The molecule has 3 saturated carbocycles. The van der Waals surface area contributed by atoms with E-state index in [2.05, 4.69) is 0 Å². The Bertz CT molecular complexity index is 811. The number of aliphatic hydroxyl groups excluding tert-OH is 2. The van der Waals surface area contributed by atoms with Gasteiger partial charge in [-0.2, -0.15) is 0 Å². The minimum atomic E-state index is -1.98. The number of carbonyl (C=O) groups is 2. The number of allylic oxidation sites excluding steroid dienone is 4. The van der Waals surface area contributed by atoms with Gasteiger partial charge in [-0.3, -0.25) is 9.59 Å². The molecular formula is C22H30ClFO5. The van der Waals surface area contributed by atoms with Gasteiger partial charge in [0.15, 0.2) is 17.2 Å². The van der Waals surface area contributed by atoms with E-state index in [0.717, 1.165) is 0 Å². The van der Waals surface area contributed by atoms with Gasteiger partial charge in [0.2, 0.25) is 0 Å². The number of hydrogen-bond acceptors (Lipinski definition) is 5. The van der Waals surface area contributed by atoms with Crippen molar-refractivity contribution in [3.63, 3.8) is 0 Å². The van der Waals surface area contributed by atoms with Gasteiger partial charge in [-0.25, -0.2) is 4.39 Å². The van der Waals surface area contributed by atoms with Crippen molar-refractivity contribution in [3.05, 3.63) is 23.8 Å². The van der Waals surface area contributed by atoms with E-state index in [0.29, 0.717) is 24.8 Å². The van der Waals surface area contributed by atoms with E-state index in [1.807, 2.05) is 0 Å². The van der Waals surface area contributed by atoms with Crippen molar-refractivity contribution in [1.82, 2.24) is 0 Å². The first kappa shape index (κ1) is 22.6. The van der Waals surface area contributed by atoms with Crippen molar-refractivity contribution in [2.45, 2.75) is 63.8 Å². The Morgan fingerprint density at radius 3 is 2.59 bits per heavy atom. The van der Waals surface area contributed by atoms with Crippen LogP contribution in [-0.2, 0) is 9.59 Å². The maximum absolute atomic E-state index is 16.9. The van der Waals surface area contributed by atoms with Crippen LogP contribution in [0.15, 0.2) is 23.8 Å². The molecule has 8 atom stereocenters. The van der Waals surface area contributed by atoms with E-state index >= 15 is 4.39 Å². The summed E-state index contributed by atoms with van der Waals surface area (Å²) in [7, 11) is 0. The Morgan fingerprint density at radius 2 is 1.97 bits per heavy atom. The van der Waals surface area contributed by atoms with Gasteiger partial charge >= 0.3 is 0 Å². The van der Waals surface area contributed by atoms with Crippen LogP contribution in [0.5, 0.6) is 0 Å². The molecule has 4 aliphatic rings. The minimum absolute atomic E-state index is 0. The summed E-state index contributed by atoms with van der Waals surface area (Å²) in [5.41, 5.74) is -5.17. The van der Waals surface area contributed by atoms with Gasteiger partial charge in [-0.05, 0) is 56.6 Å². The summed E-state index contributed by atoms with van der Waals surface area (Å²) < 4.78 is 16.9. The Hall–Kier alpha value is -1.08. The molecule has 0 aromatic carbocycles. The van der Waals surface area contributed by atoms with Crippen molar-refractivity contribution in [3.8, 4) is 0 Å². The largest absolute Gasteiger partial charge is 0.390 e. The number of hydrogen-bond donors (Lipinski definition) is 3. The second-order valence-corrected chi connectivity index (χ2v) is 9.75.